The van der Waals surface area contributed by atoms with Crippen LogP contribution in [0.4, 0.5) is 4.39 Å². The molecule has 2 N–H and O–H groups in total. The van der Waals surface area contributed by atoms with Crippen molar-refractivity contribution in [3.8, 4) is 11.4 Å². The maximum atomic E-state index is 13.3. The molecule has 2 aromatic carbocycles. The second kappa shape index (κ2) is 10.5. The van der Waals surface area contributed by atoms with Crippen molar-refractivity contribution in [1.82, 2.24) is 20.4 Å². The number of benzene rings is 2. The monoisotopic (exact) mass is 464 g/mol. The third kappa shape index (κ3) is 6.01. The lowest BCUT2D eigenvalue weighted by Gasteiger charge is -2.13. The van der Waals surface area contributed by atoms with Gasteiger partial charge in [-0.1, -0.05) is 26.0 Å². The summed E-state index contributed by atoms with van der Waals surface area (Å²) in [7, 11) is 0. The molecule has 178 valence electrons. The molecular formula is C26H29FN4O3. The van der Waals surface area contributed by atoms with Gasteiger partial charge in [0, 0.05) is 12.6 Å². The number of aromatic nitrogens is 2. The van der Waals surface area contributed by atoms with Crippen LogP contribution in [0.1, 0.15) is 54.2 Å². The molecule has 0 aliphatic heterocycles. The van der Waals surface area contributed by atoms with Gasteiger partial charge in [-0.15, -0.1) is 0 Å². The minimum atomic E-state index is -0.321. The van der Waals surface area contributed by atoms with Crippen molar-refractivity contribution in [2.75, 3.05) is 13.2 Å². The van der Waals surface area contributed by atoms with E-state index in [2.05, 4.69) is 15.7 Å². The van der Waals surface area contributed by atoms with Crippen LogP contribution >= 0.6 is 0 Å². The Morgan fingerprint density at radius 3 is 2.47 bits per heavy atom. The molecule has 8 heteroatoms. The molecule has 1 aromatic heterocycles. The Labute approximate surface area is 198 Å². The van der Waals surface area contributed by atoms with E-state index in [4.69, 9.17) is 4.74 Å². The van der Waals surface area contributed by atoms with Crippen LogP contribution in [-0.4, -0.2) is 40.8 Å². The van der Waals surface area contributed by atoms with E-state index < -0.39 is 0 Å². The smallest absolute Gasteiger partial charge is 0.258 e. The quantitative estimate of drug-likeness (QED) is 0.478. The average molecular weight is 465 g/mol. The SMILES string of the molecule is CC(C)c1c(C(=O)NCCc2ccc(OCC(=O)NC3CC3)cc2)cnn1-c1ccc(F)cc1. The van der Waals surface area contributed by atoms with Crippen molar-refractivity contribution in [2.45, 2.75) is 45.1 Å². The van der Waals surface area contributed by atoms with Crippen LogP contribution in [0.3, 0.4) is 0 Å². The number of rotatable bonds is 10. The zero-order valence-electron chi connectivity index (χ0n) is 19.4. The van der Waals surface area contributed by atoms with Gasteiger partial charge in [0.15, 0.2) is 6.61 Å². The topological polar surface area (TPSA) is 85.2 Å². The van der Waals surface area contributed by atoms with Gasteiger partial charge >= 0.3 is 0 Å². The molecule has 0 unspecified atom stereocenters. The highest BCUT2D eigenvalue weighted by atomic mass is 19.1. The van der Waals surface area contributed by atoms with Crippen molar-refractivity contribution in [2.24, 2.45) is 0 Å². The number of ether oxygens (including phenoxy) is 1. The van der Waals surface area contributed by atoms with Crippen LogP contribution in [0.15, 0.2) is 54.7 Å². The van der Waals surface area contributed by atoms with E-state index in [0.717, 1.165) is 24.1 Å². The standard InChI is InChI=1S/C26H29FN4O3/c1-17(2)25-23(15-29-31(25)21-9-5-19(27)6-10-21)26(33)28-14-13-18-3-11-22(12-4-18)34-16-24(32)30-20-7-8-20/h3-6,9-12,15,17,20H,7-8,13-14,16H2,1-2H3,(H,28,33)(H,30,32). The van der Waals surface area contributed by atoms with Crippen LogP contribution in [0.5, 0.6) is 5.75 Å². The summed E-state index contributed by atoms with van der Waals surface area (Å²) in [6, 6.07) is 13.9. The number of halogens is 1. The van der Waals surface area contributed by atoms with Gasteiger partial charge < -0.3 is 15.4 Å². The van der Waals surface area contributed by atoms with Crippen molar-refractivity contribution >= 4 is 11.8 Å². The first-order chi connectivity index (χ1) is 16.4. The Kier molecular flexibility index (Phi) is 7.25. The summed E-state index contributed by atoms with van der Waals surface area (Å²) in [5.74, 6) is 0.0656. The number of amides is 2. The molecule has 1 aliphatic carbocycles. The summed E-state index contributed by atoms with van der Waals surface area (Å²) in [5.41, 5.74) is 3.03. The third-order valence-electron chi connectivity index (χ3n) is 5.60. The molecule has 0 spiro atoms. The van der Waals surface area contributed by atoms with Gasteiger partial charge in [-0.25, -0.2) is 9.07 Å². The summed E-state index contributed by atoms with van der Waals surface area (Å²) in [5, 5.41) is 10.2. The van der Waals surface area contributed by atoms with Crippen molar-refractivity contribution in [3.63, 3.8) is 0 Å². The molecule has 1 saturated carbocycles. The predicted molar refractivity (Wildman–Crippen MR) is 127 cm³/mol. The minimum absolute atomic E-state index is 0.00962. The third-order valence-corrected chi connectivity index (χ3v) is 5.60. The van der Waals surface area contributed by atoms with E-state index in [9.17, 15) is 14.0 Å². The van der Waals surface area contributed by atoms with Gasteiger partial charge in [-0.05, 0) is 67.1 Å². The highest BCUT2D eigenvalue weighted by Crippen LogP contribution is 2.23. The Hall–Kier alpha value is -3.68. The van der Waals surface area contributed by atoms with E-state index in [1.165, 1.54) is 12.1 Å². The zero-order valence-corrected chi connectivity index (χ0v) is 19.4. The molecule has 1 aliphatic rings. The summed E-state index contributed by atoms with van der Waals surface area (Å²) in [6.45, 7) is 4.46. The lowest BCUT2D eigenvalue weighted by atomic mass is 10.0. The minimum Gasteiger partial charge on any atom is -0.484 e. The summed E-state index contributed by atoms with van der Waals surface area (Å²) < 4.78 is 20.5. The fraction of sp³-hybridized carbons (Fsp3) is 0.346. The second-order valence-electron chi connectivity index (χ2n) is 8.77. The molecule has 0 radical (unpaired) electrons. The number of hydrogen-bond acceptors (Lipinski definition) is 4. The molecule has 2 amide bonds. The van der Waals surface area contributed by atoms with Crippen LogP contribution in [-0.2, 0) is 11.2 Å². The lowest BCUT2D eigenvalue weighted by Crippen LogP contribution is -2.30. The summed E-state index contributed by atoms with van der Waals surface area (Å²) in [6.07, 6.45) is 4.30. The fourth-order valence-electron chi connectivity index (χ4n) is 3.69. The zero-order chi connectivity index (χ0) is 24.1. The van der Waals surface area contributed by atoms with E-state index in [1.54, 1.807) is 23.0 Å². The molecule has 0 atom stereocenters. The molecule has 4 rings (SSSR count). The molecule has 3 aromatic rings. The van der Waals surface area contributed by atoms with Crippen LogP contribution < -0.4 is 15.4 Å². The van der Waals surface area contributed by atoms with Gasteiger partial charge in [0.05, 0.1) is 23.1 Å². The van der Waals surface area contributed by atoms with E-state index >= 15 is 0 Å². The first kappa shape index (κ1) is 23.5. The number of nitrogens with one attached hydrogen (secondary N) is 2. The summed E-state index contributed by atoms with van der Waals surface area (Å²) in [4.78, 5) is 24.6. The predicted octanol–water partition coefficient (Wildman–Crippen LogP) is 3.76. The molecule has 0 bridgehead atoms. The Bertz CT molecular complexity index is 1140. The average Bonchev–Trinajstić information content (AvgIpc) is 3.52. The first-order valence-electron chi connectivity index (χ1n) is 11.5. The van der Waals surface area contributed by atoms with Gasteiger partial charge in [0.25, 0.3) is 11.8 Å². The molecule has 0 saturated heterocycles. The van der Waals surface area contributed by atoms with E-state index in [-0.39, 0.29) is 30.2 Å². The number of carbonyl (C=O) groups excluding carboxylic acids is 2. The maximum absolute atomic E-state index is 13.3. The Morgan fingerprint density at radius 2 is 1.82 bits per heavy atom. The molecular weight excluding hydrogens is 435 g/mol. The van der Waals surface area contributed by atoms with Crippen molar-refractivity contribution in [3.05, 3.63) is 77.4 Å². The maximum Gasteiger partial charge on any atom is 0.258 e. The van der Waals surface area contributed by atoms with Crippen LogP contribution in [0.25, 0.3) is 5.69 Å². The van der Waals surface area contributed by atoms with Crippen LogP contribution in [0.2, 0.25) is 0 Å². The molecule has 1 fully saturated rings. The highest BCUT2D eigenvalue weighted by Gasteiger charge is 2.23. The fourth-order valence-corrected chi connectivity index (χ4v) is 3.69. The van der Waals surface area contributed by atoms with Gasteiger partial charge in [-0.2, -0.15) is 5.10 Å². The Balaban J connectivity index is 1.30. The van der Waals surface area contributed by atoms with Crippen LogP contribution in [0, 0.1) is 5.82 Å². The van der Waals surface area contributed by atoms with Gasteiger partial charge in [0.1, 0.15) is 11.6 Å². The van der Waals surface area contributed by atoms with Crippen molar-refractivity contribution < 1.29 is 18.7 Å². The first-order valence-corrected chi connectivity index (χ1v) is 11.5. The summed E-state index contributed by atoms with van der Waals surface area (Å²) >= 11 is 0. The van der Waals surface area contributed by atoms with E-state index in [1.807, 2.05) is 38.1 Å². The molecule has 1 heterocycles. The van der Waals surface area contributed by atoms with Crippen molar-refractivity contribution in [1.29, 1.82) is 0 Å². The molecule has 34 heavy (non-hydrogen) atoms. The van der Waals surface area contributed by atoms with Gasteiger partial charge in [0.2, 0.25) is 0 Å². The number of hydrogen-bond donors (Lipinski definition) is 2. The largest absolute Gasteiger partial charge is 0.484 e. The highest BCUT2D eigenvalue weighted by molar-refractivity contribution is 5.95. The van der Waals surface area contributed by atoms with E-state index in [0.29, 0.717) is 36.0 Å². The van der Waals surface area contributed by atoms with Gasteiger partial charge in [-0.3, -0.25) is 9.59 Å². The molecule has 7 nitrogen and oxygen atoms in total. The lowest BCUT2D eigenvalue weighted by molar-refractivity contribution is -0.123. The normalized spacial score (nSPS) is 13.1. The number of nitrogens with zero attached hydrogens (tertiary/aromatic N) is 2. The Morgan fingerprint density at radius 1 is 1.12 bits per heavy atom. The number of carbonyl (C=O) groups is 2. The second-order valence-corrected chi connectivity index (χ2v) is 8.77.